The van der Waals surface area contributed by atoms with Gasteiger partial charge in [-0.15, -0.1) is 0 Å². The van der Waals surface area contributed by atoms with Crippen molar-refractivity contribution < 1.29 is 19.0 Å². The third-order valence-corrected chi connectivity index (χ3v) is 4.75. The van der Waals surface area contributed by atoms with Crippen molar-refractivity contribution in [3.05, 3.63) is 0 Å². The normalized spacial score (nSPS) is 31.3. The summed E-state index contributed by atoms with van der Waals surface area (Å²) in [6, 6.07) is 0.414. The van der Waals surface area contributed by atoms with Crippen LogP contribution in [0, 0.1) is 5.92 Å². The van der Waals surface area contributed by atoms with Crippen LogP contribution in [0.25, 0.3) is 0 Å². The van der Waals surface area contributed by atoms with Gasteiger partial charge in [-0.25, -0.2) is 4.79 Å². The van der Waals surface area contributed by atoms with Crippen molar-refractivity contribution in [3.8, 4) is 0 Å². The predicted octanol–water partition coefficient (Wildman–Crippen LogP) is 2.07. The Kier molecular flexibility index (Phi) is 6.28. The van der Waals surface area contributed by atoms with E-state index in [9.17, 15) is 4.79 Å². The number of hydrogen-bond acceptors (Lipinski definition) is 5. The van der Waals surface area contributed by atoms with Crippen molar-refractivity contribution in [2.75, 3.05) is 33.4 Å². The molecule has 1 aliphatic heterocycles. The smallest absolute Gasteiger partial charge is 0.407 e. The van der Waals surface area contributed by atoms with Gasteiger partial charge in [-0.05, 0) is 39.5 Å². The molecule has 0 aromatic rings. The molecule has 1 amide bonds. The van der Waals surface area contributed by atoms with E-state index in [-0.39, 0.29) is 11.7 Å². The molecule has 0 aromatic carbocycles. The van der Waals surface area contributed by atoms with Gasteiger partial charge in [0.25, 0.3) is 0 Å². The summed E-state index contributed by atoms with van der Waals surface area (Å²) in [5.41, 5.74) is -0.642. The average molecular weight is 328 g/mol. The Labute approximate surface area is 139 Å². The SMILES string of the molecule is COC1(CNC2CCCC2CNC(=O)OC(C)(C)C)CCOC1. The second-order valence-electron chi connectivity index (χ2n) is 7.75. The molecular weight excluding hydrogens is 296 g/mol. The van der Waals surface area contributed by atoms with E-state index in [2.05, 4.69) is 10.6 Å². The molecule has 0 radical (unpaired) electrons. The molecule has 134 valence electrons. The van der Waals surface area contributed by atoms with Crippen LogP contribution in [-0.2, 0) is 14.2 Å². The van der Waals surface area contributed by atoms with Gasteiger partial charge in [0, 0.05) is 39.3 Å². The topological polar surface area (TPSA) is 68.8 Å². The molecular formula is C17H32N2O4. The Morgan fingerprint density at radius 3 is 2.74 bits per heavy atom. The lowest BCUT2D eigenvalue weighted by atomic mass is 9.99. The molecule has 3 atom stereocenters. The van der Waals surface area contributed by atoms with Crippen LogP contribution in [0.15, 0.2) is 0 Å². The Balaban J connectivity index is 1.75. The van der Waals surface area contributed by atoms with Gasteiger partial charge in [0.1, 0.15) is 11.2 Å². The van der Waals surface area contributed by atoms with Gasteiger partial charge >= 0.3 is 6.09 Å². The minimum Gasteiger partial charge on any atom is -0.444 e. The van der Waals surface area contributed by atoms with Crippen molar-refractivity contribution in [2.45, 2.75) is 63.7 Å². The van der Waals surface area contributed by atoms with E-state index in [1.807, 2.05) is 20.8 Å². The fourth-order valence-corrected chi connectivity index (χ4v) is 3.36. The van der Waals surface area contributed by atoms with Gasteiger partial charge in [-0.3, -0.25) is 0 Å². The summed E-state index contributed by atoms with van der Waals surface area (Å²) in [6.45, 7) is 8.51. The zero-order chi connectivity index (χ0) is 16.9. The van der Waals surface area contributed by atoms with Crippen LogP contribution >= 0.6 is 0 Å². The average Bonchev–Trinajstić information content (AvgIpc) is 3.11. The van der Waals surface area contributed by atoms with E-state index in [0.717, 1.165) is 32.4 Å². The highest BCUT2D eigenvalue weighted by Crippen LogP contribution is 2.27. The summed E-state index contributed by atoms with van der Waals surface area (Å²) in [5.74, 6) is 0.443. The number of carbonyl (C=O) groups excluding carboxylic acids is 1. The number of nitrogens with one attached hydrogen (secondary N) is 2. The largest absolute Gasteiger partial charge is 0.444 e. The fourth-order valence-electron chi connectivity index (χ4n) is 3.36. The minimum absolute atomic E-state index is 0.189. The lowest BCUT2D eigenvalue weighted by Crippen LogP contribution is -2.48. The summed E-state index contributed by atoms with van der Waals surface area (Å²) in [4.78, 5) is 11.8. The number of alkyl carbamates (subject to hydrolysis) is 1. The van der Waals surface area contributed by atoms with Crippen molar-refractivity contribution in [1.82, 2.24) is 10.6 Å². The van der Waals surface area contributed by atoms with E-state index in [0.29, 0.717) is 25.1 Å². The molecule has 0 aromatic heterocycles. The van der Waals surface area contributed by atoms with Crippen molar-refractivity contribution in [1.29, 1.82) is 0 Å². The first kappa shape index (κ1) is 18.5. The van der Waals surface area contributed by atoms with Crippen LogP contribution < -0.4 is 10.6 Å². The van der Waals surface area contributed by atoms with Crippen LogP contribution in [0.3, 0.4) is 0 Å². The zero-order valence-electron chi connectivity index (χ0n) is 14.9. The first-order valence-electron chi connectivity index (χ1n) is 8.67. The standard InChI is InChI=1S/C17H32N2O4/c1-16(2,3)23-15(20)18-10-13-6-5-7-14(13)19-11-17(21-4)8-9-22-12-17/h13-14,19H,5-12H2,1-4H3,(H,18,20). The number of methoxy groups -OCH3 is 1. The number of hydrogen-bond donors (Lipinski definition) is 2. The molecule has 0 spiro atoms. The third kappa shape index (κ3) is 5.62. The maximum Gasteiger partial charge on any atom is 0.407 e. The Hall–Kier alpha value is -0.850. The van der Waals surface area contributed by atoms with Crippen LogP contribution in [0.5, 0.6) is 0 Å². The van der Waals surface area contributed by atoms with Crippen LogP contribution in [0.2, 0.25) is 0 Å². The molecule has 1 saturated carbocycles. The van der Waals surface area contributed by atoms with Gasteiger partial charge in [0.05, 0.1) is 6.61 Å². The van der Waals surface area contributed by atoms with Crippen LogP contribution in [0.1, 0.15) is 46.5 Å². The van der Waals surface area contributed by atoms with E-state index in [1.165, 1.54) is 6.42 Å². The molecule has 0 bridgehead atoms. The second kappa shape index (κ2) is 7.81. The minimum atomic E-state index is -0.454. The molecule has 2 N–H and O–H groups in total. The monoisotopic (exact) mass is 328 g/mol. The van der Waals surface area contributed by atoms with Crippen molar-refractivity contribution in [2.24, 2.45) is 5.92 Å². The summed E-state index contributed by atoms with van der Waals surface area (Å²) < 4.78 is 16.5. The Bertz CT molecular complexity index is 389. The Morgan fingerprint density at radius 2 is 2.13 bits per heavy atom. The van der Waals surface area contributed by atoms with Gasteiger partial charge in [-0.2, -0.15) is 0 Å². The zero-order valence-corrected chi connectivity index (χ0v) is 14.9. The highest BCUT2D eigenvalue weighted by molar-refractivity contribution is 5.67. The lowest BCUT2D eigenvalue weighted by Gasteiger charge is -2.30. The predicted molar refractivity (Wildman–Crippen MR) is 88.5 cm³/mol. The summed E-state index contributed by atoms with van der Waals surface area (Å²) in [7, 11) is 1.76. The van der Waals surface area contributed by atoms with Crippen LogP contribution in [0.4, 0.5) is 4.79 Å². The number of carbonyl (C=O) groups is 1. The van der Waals surface area contributed by atoms with E-state index in [1.54, 1.807) is 7.11 Å². The van der Waals surface area contributed by atoms with Gasteiger partial charge < -0.3 is 24.8 Å². The number of amides is 1. The quantitative estimate of drug-likeness (QED) is 0.781. The van der Waals surface area contributed by atoms with Gasteiger partial charge in [0.15, 0.2) is 0 Å². The third-order valence-electron chi connectivity index (χ3n) is 4.75. The molecule has 1 saturated heterocycles. The van der Waals surface area contributed by atoms with E-state index in [4.69, 9.17) is 14.2 Å². The second-order valence-corrected chi connectivity index (χ2v) is 7.75. The highest BCUT2D eigenvalue weighted by Gasteiger charge is 2.37. The Morgan fingerprint density at radius 1 is 1.35 bits per heavy atom. The lowest BCUT2D eigenvalue weighted by molar-refractivity contribution is -0.0182. The van der Waals surface area contributed by atoms with E-state index < -0.39 is 5.60 Å². The van der Waals surface area contributed by atoms with Crippen molar-refractivity contribution in [3.63, 3.8) is 0 Å². The summed E-state index contributed by atoms with van der Waals surface area (Å²) in [5, 5.41) is 6.55. The number of rotatable bonds is 6. The molecule has 2 aliphatic rings. The summed E-state index contributed by atoms with van der Waals surface area (Å²) >= 11 is 0. The molecule has 23 heavy (non-hydrogen) atoms. The van der Waals surface area contributed by atoms with Gasteiger partial charge in [0.2, 0.25) is 0 Å². The molecule has 1 heterocycles. The van der Waals surface area contributed by atoms with Crippen molar-refractivity contribution >= 4 is 6.09 Å². The molecule has 2 fully saturated rings. The molecule has 6 nitrogen and oxygen atoms in total. The molecule has 6 heteroatoms. The summed E-state index contributed by atoms with van der Waals surface area (Å²) in [6.07, 6.45) is 4.06. The molecule has 1 aliphatic carbocycles. The fraction of sp³-hybridized carbons (Fsp3) is 0.941. The highest BCUT2D eigenvalue weighted by atomic mass is 16.6. The van der Waals surface area contributed by atoms with Crippen LogP contribution in [-0.4, -0.2) is 56.8 Å². The first-order chi connectivity index (χ1) is 10.8. The van der Waals surface area contributed by atoms with Gasteiger partial charge in [-0.1, -0.05) is 6.42 Å². The maximum absolute atomic E-state index is 11.8. The number of ether oxygens (including phenoxy) is 3. The van der Waals surface area contributed by atoms with E-state index >= 15 is 0 Å². The molecule has 2 rings (SSSR count). The molecule has 3 unspecified atom stereocenters. The first-order valence-corrected chi connectivity index (χ1v) is 8.67. The maximum atomic E-state index is 11.8.